The Hall–Kier alpha value is -0.0800. The van der Waals surface area contributed by atoms with Gasteiger partial charge in [-0.15, -0.1) is 0 Å². The Morgan fingerprint density at radius 2 is 1.80 bits per heavy atom. The van der Waals surface area contributed by atoms with E-state index in [4.69, 9.17) is 0 Å². The number of hydrogen-bond donors (Lipinski definition) is 1. The Morgan fingerprint density at radius 3 is 2.10 bits per heavy atom. The van der Waals surface area contributed by atoms with Crippen LogP contribution in [0.3, 0.4) is 0 Å². The number of nitrogens with zero attached hydrogens (tertiary/aromatic N) is 1. The Kier molecular flexibility index (Phi) is 5.64. The van der Waals surface area contributed by atoms with Gasteiger partial charge in [0, 0.05) is 12.6 Å². The van der Waals surface area contributed by atoms with Gasteiger partial charge < -0.3 is 5.32 Å². The van der Waals surface area contributed by atoms with Crippen molar-refractivity contribution in [1.29, 1.82) is 0 Å². The lowest BCUT2D eigenvalue weighted by Crippen LogP contribution is -2.39. The molecule has 2 nitrogen and oxygen atoms in total. The van der Waals surface area contributed by atoms with Gasteiger partial charge in [0.25, 0.3) is 0 Å². The number of rotatable bonds is 5. The summed E-state index contributed by atoms with van der Waals surface area (Å²) in [6, 6.07) is 0.667. The van der Waals surface area contributed by atoms with Gasteiger partial charge in [-0.1, -0.05) is 13.8 Å². The standard InChI is InChI=1S/C8H20N2/c1-5-10(6-2)8(3)7-9-4/h8-9H,5-7H2,1-4H3/t8-/m1/s1. The Bertz CT molecular complexity index is 69.7. The zero-order chi connectivity index (χ0) is 7.98. The van der Waals surface area contributed by atoms with Crippen molar-refractivity contribution in [3.63, 3.8) is 0 Å². The normalized spacial score (nSPS) is 14.1. The first-order valence-corrected chi connectivity index (χ1v) is 4.14. The third-order valence-corrected chi connectivity index (χ3v) is 1.94. The van der Waals surface area contributed by atoms with Crippen LogP contribution in [0.15, 0.2) is 0 Å². The minimum absolute atomic E-state index is 0.667. The smallest absolute Gasteiger partial charge is 0.0192 e. The van der Waals surface area contributed by atoms with E-state index in [2.05, 4.69) is 31.0 Å². The van der Waals surface area contributed by atoms with Crippen LogP contribution < -0.4 is 5.32 Å². The summed E-state index contributed by atoms with van der Waals surface area (Å²) >= 11 is 0. The third-order valence-electron chi connectivity index (χ3n) is 1.94. The van der Waals surface area contributed by atoms with Gasteiger partial charge in [-0.2, -0.15) is 0 Å². The van der Waals surface area contributed by atoms with Gasteiger partial charge in [-0.25, -0.2) is 0 Å². The van der Waals surface area contributed by atoms with E-state index < -0.39 is 0 Å². The van der Waals surface area contributed by atoms with E-state index in [9.17, 15) is 0 Å². The topological polar surface area (TPSA) is 15.3 Å². The SMILES string of the molecule is CCN(CC)[C@H](C)CNC. The molecule has 2 heteroatoms. The lowest BCUT2D eigenvalue weighted by Gasteiger charge is -2.25. The lowest BCUT2D eigenvalue weighted by atomic mass is 10.3. The maximum atomic E-state index is 3.17. The largest absolute Gasteiger partial charge is 0.318 e. The summed E-state index contributed by atoms with van der Waals surface area (Å²) in [4.78, 5) is 2.44. The van der Waals surface area contributed by atoms with Crippen molar-refractivity contribution in [2.75, 3.05) is 26.7 Å². The van der Waals surface area contributed by atoms with Crippen LogP contribution in [0.4, 0.5) is 0 Å². The van der Waals surface area contributed by atoms with Crippen molar-refractivity contribution in [3.05, 3.63) is 0 Å². The molecule has 1 N–H and O–H groups in total. The van der Waals surface area contributed by atoms with Gasteiger partial charge in [0.05, 0.1) is 0 Å². The fourth-order valence-corrected chi connectivity index (χ4v) is 1.27. The molecule has 0 saturated heterocycles. The average Bonchev–Trinajstić information content (AvgIpc) is 1.91. The molecule has 0 spiro atoms. The minimum Gasteiger partial charge on any atom is -0.318 e. The first-order chi connectivity index (χ1) is 4.76. The van der Waals surface area contributed by atoms with Gasteiger partial charge in [0.2, 0.25) is 0 Å². The number of likely N-dealkylation sites (N-methyl/N-ethyl adjacent to an activating group) is 2. The monoisotopic (exact) mass is 144 g/mol. The summed E-state index contributed by atoms with van der Waals surface area (Å²) in [5, 5.41) is 3.17. The summed E-state index contributed by atoms with van der Waals surface area (Å²) in [5.74, 6) is 0. The van der Waals surface area contributed by atoms with Crippen molar-refractivity contribution in [1.82, 2.24) is 10.2 Å². The molecule has 0 rings (SSSR count). The molecule has 0 heterocycles. The zero-order valence-electron chi connectivity index (χ0n) is 7.65. The first kappa shape index (κ1) is 9.92. The highest BCUT2D eigenvalue weighted by Gasteiger charge is 2.06. The van der Waals surface area contributed by atoms with Gasteiger partial charge in [-0.3, -0.25) is 4.90 Å². The highest BCUT2D eigenvalue weighted by Crippen LogP contribution is 1.95. The predicted octanol–water partition coefficient (Wildman–Crippen LogP) is 0.936. The van der Waals surface area contributed by atoms with Crippen LogP contribution in [0.5, 0.6) is 0 Å². The molecule has 0 bridgehead atoms. The molecule has 0 saturated carbocycles. The molecule has 0 aromatic heterocycles. The molecule has 0 aliphatic heterocycles. The maximum Gasteiger partial charge on any atom is 0.0192 e. The van der Waals surface area contributed by atoms with E-state index in [0.717, 1.165) is 19.6 Å². The predicted molar refractivity (Wildman–Crippen MR) is 46.3 cm³/mol. The molecule has 0 fully saturated rings. The quantitative estimate of drug-likeness (QED) is 0.617. The molecule has 0 unspecified atom stereocenters. The van der Waals surface area contributed by atoms with Crippen LogP contribution in [0, 0.1) is 0 Å². The highest BCUT2D eigenvalue weighted by molar-refractivity contribution is 4.65. The van der Waals surface area contributed by atoms with Crippen molar-refractivity contribution in [3.8, 4) is 0 Å². The second-order valence-corrected chi connectivity index (χ2v) is 2.63. The molecule has 0 aromatic carbocycles. The van der Waals surface area contributed by atoms with E-state index >= 15 is 0 Å². The molecule has 0 aliphatic carbocycles. The van der Waals surface area contributed by atoms with Crippen molar-refractivity contribution in [2.45, 2.75) is 26.8 Å². The van der Waals surface area contributed by atoms with E-state index in [0.29, 0.717) is 6.04 Å². The average molecular weight is 144 g/mol. The first-order valence-electron chi connectivity index (χ1n) is 4.14. The minimum atomic E-state index is 0.667. The summed E-state index contributed by atoms with van der Waals surface area (Å²) in [5.41, 5.74) is 0. The Labute approximate surface area is 64.6 Å². The maximum absolute atomic E-state index is 3.17. The van der Waals surface area contributed by atoms with E-state index in [1.54, 1.807) is 0 Å². The molecular formula is C8H20N2. The molecule has 0 aromatic rings. The van der Waals surface area contributed by atoms with Gasteiger partial charge in [0.15, 0.2) is 0 Å². The molecular weight excluding hydrogens is 124 g/mol. The van der Waals surface area contributed by atoms with E-state index in [1.165, 1.54) is 0 Å². The Balaban J connectivity index is 3.53. The second-order valence-electron chi connectivity index (χ2n) is 2.63. The Morgan fingerprint density at radius 1 is 1.30 bits per heavy atom. The van der Waals surface area contributed by atoms with Crippen LogP contribution in [-0.4, -0.2) is 37.6 Å². The molecule has 0 radical (unpaired) electrons. The van der Waals surface area contributed by atoms with Crippen molar-refractivity contribution in [2.24, 2.45) is 0 Å². The van der Waals surface area contributed by atoms with Crippen LogP contribution >= 0.6 is 0 Å². The van der Waals surface area contributed by atoms with Crippen LogP contribution in [0.1, 0.15) is 20.8 Å². The fourth-order valence-electron chi connectivity index (χ4n) is 1.27. The van der Waals surface area contributed by atoms with Crippen LogP contribution in [0.25, 0.3) is 0 Å². The number of nitrogens with one attached hydrogen (secondary N) is 1. The van der Waals surface area contributed by atoms with E-state index in [-0.39, 0.29) is 0 Å². The zero-order valence-corrected chi connectivity index (χ0v) is 7.65. The molecule has 10 heavy (non-hydrogen) atoms. The highest BCUT2D eigenvalue weighted by atomic mass is 15.2. The summed E-state index contributed by atoms with van der Waals surface area (Å²) in [6.45, 7) is 10.1. The van der Waals surface area contributed by atoms with Crippen molar-refractivity contribution < 1.29 is 0 Å². The summed E-state index contributed by atoms with van der Waals surface area (Å²) < 4.78 is 0. The molecule has 0 amide bonds. The van der Waals surface area contributed by atoms with Gasteiger partial charge in [-0.05, 0) is 27.1 Å². The second kappa shape index (κ2) is 5.69. The van der Waals surface area contributed by atoms with Crippen LogP contribution in [0.2, 0.25) is 0 Å². The fraction of sp³-hybridized carbons (Fsp3) is 1.00. The molecule has 62 valence electrons. The van der Waals surface area contributed by atoms with Gasteiger partial charge in [0.1, 0.15) is 0 Å². The van der Waals surface area contributed by atoms with Crippen molar-refractivity contribution >= 4 is 0 Å². The lowest BCUT2D eigenvalue weighted by molar-refractivity contribution is 0.229. The third kappa shape index (κ3) is 3.18. The summed E-state index contributed by atoms with van der Waals surface area (Å²) in [7, 11) is 2.00. The van der Waals surface area contributed by atoms with Gasteiger partial charge >= 0.3 is 0 Å². The molecule has 0 aliphatic rings. The van der Waals surface area contributed by atoms with E-state index in [1.807, 2.05) is 7.05 Å². The molecule has 1 atom stereocenters. The summed E-state index contributed by atoms with van der Waals surface area (Å²) in [6.07, 6.45) is 0. The number of hydrogen-bond acceptors (Lipinski definition) is 2. The van der Waals surface area contributed by atoms with Crippen LogP contribution in [-0.2, 0) is 0 Å².